The van der Waals surface area contributed by atoms with Gasteiger partial charge in [-0.05, 0) is 62.3 Å². The zero-order valence-corrected chi connectivity index (χ0v) is 14.3. The topological polar surface area (TPSA) is 58.6 Å². The summed E-state index contributed by atoms with van der Waals surface area (Å²) in [7, 11) is 0. The average molecular weight is 330 g/mol. The Balaban J connectivity index is 1.59. The summed E-state index contributed by atoms with van der Waals surface area (Å²) in [4.78, 5) is 26.2. The molecule has 5 heteroatoms. The molecule has 2 aliphatic rings. The van der Waals surface area contributed by atoms with Crippen LogP contribution in [0, 0.1) is 5.41 Å². The van der Waals surface area contributed by atoms with E-state index in [9.17, 15) is 9.59 Å². The number of carbonyl (C=O) groups is 2. The van der Waals surface area contributed by atoms with E-state index in [-0.39, 0.29) is 17.2 Å². The lowest BCUT2D eigenvalue weighted by molar-refractivity contribution is -0.121. The van der Waals surface area contributed by atoms with Crippen molar-refractivity contribution in [1.29, 1.82) is 0 Å². The van der Waals surface area contributed by atoms with Crippen molar-refractivity contribution in [2.24, 2.45) is 5.41 Å². The maximum absolute atomic E-state index is 12.7. The zero-order chi connectivity index (χ0) is 17.0. The highest BCUT2D eigenvalue weighted by atomic mass is 16.5. The maximum Gasteiger partial charge on any atom is 0.253 e. The molecule has 0 saturated carbocycles. The van der Waals surface area contributed by atoms with E-state index in [1.807, 2.05) is 36.1 Å². The molecule has 0 unspecified atom stereocenters. The number of nitrogens with one attached hydrogen (secondary N) is 1. The average Bonchev–Trinajstić information content (AvgIpc) is 2.78. The number of piperidine rings is 1. The van der Waals surface area contributed by atoms with Crippen LogP contribution in [-0.2, 0) is 4.79 Å². The first-order valence-electron chi connectivity index (χ1n) is 8.91. The Morgan fingerprint density at radius 1 is 1.17 bits per heavy atom. The first kappa shape index (κ1) is 16.8. The summed E-state index contributed by atoms with van der Waals surface area (Å²) in [6.07, 6.45) is 4.58. The van der Waals surface area contributed by atoms with Crippen molar-refractivity contribution < 1.29 is 14.3 Å². The van der Waals surface area contributed by atoms with Crippen LogP contribution in [0.15, 0.2) is 24.3 Å². The molecule has 0 bridgehead atoms. The normalized spacial score (nSPS) is 20.4. The minimum absolute atomic E-state index is 0.0933. The standard InChI is InChI=1S/C19H26N2O3/c1-2-24-16-5-3-15(4-6-16)18(23)21-13-10-19(11-14-21)8-7-17(22)20-12-9-19/h3-6H,2,7-14H2,1H3,(H,20,22). The van der Waals surface area contributed by atoms with Crippen LogP contribution in [0.2, 0.25) is 0 Å². The number of amides is 2. The first-order valence-corrected chi connectivity index (χ1v) is 8.91. The van der Waals surface area contributed by atoms with Gasteiger partial charge in [0.25, 0.3) is 5.91 Å². The summed E-state index contributed by atoms with van der Waals surface area (Å²) >= 11 is 0. The fraction of sp³-hybridized carbons (Fsp3) is 0.579. The Labute approximate surface area is 143 Å². The van der Waals surface area contributed by atoms with Crippen LogP contribution in [0.4, 0.5) is 0 Å². The predicted molar refractivity (Wildman–Crippen MR) is 92.0 cm³/mol. The highest BCUT2D eigenvalue weighted by Crippen LogP contribution is 2.40. The SMILES string of the molecule is CCOc1ccc(C(=O)N2CCC3(CCNC(=O)CC3)CC2)cc1. The van der Waals surface area contributed by atoms with Crippen LogP contribution < -0.4 is 10.1 Å². The highest BCUT2D eigenvalue weighted by Gasteiger charge is 2.37. The first-order chi connectivity index (χ1) is 11.6. The summed E-state index contributed by atoms with van der Waals surface area (Å²) in [6.45, 7) is 4.89. The second-order valence-electron chi connectivity index (χ2n) is 6.85. The molecule has 0 radical (unpaired) electrons. The molecular weight excluding hydrogens is 304 g/mol. The third kappa shape index (κ3) is 3.71. The van der Waals surface area contributed by atoms with Gasteiger partial charge in [-0.25, -0.2) is 0 Å². The Bertz CT molecular complexity index is 589. The number of ether oxygens (including phenoxy) is 1. The van der Waals surface area contributed by atoms with E-state index >= 15 is 0 Å². The van der Waals surface area contributed by atoms with Crippen molar-refractivity contribution >= 4 is 11.8 Å². The smallest absolute Gasteiger partial charge is 0.253 e. The van der Waals surface area contributed by atoms with Crippen molar-refractivity contribution in [2.75, 3.05) is 26.2 Å². The van der Waals surface area contributed by atoms with Crippen LogP contribution in [0.25, 0.3) is 0 Å². The number of carbonyl (C=O) groups excluding carboxylic acids is 2. The summed E-state index contributed by atoms with van der Waals surface area (Å²) < 4.78 is 5.42. The van der Waals surface area contributed by atoms with Crippen molar-refractivity contribution in [3.63, 3.8) is 0 Å². The Hall–Kier alpha value is -2.04. The van der Waals surface area contributed by atoms with Gasteiger partial charge in [0.15, 0.2) is 0 Å². The van der Waals surface area contributed by atoms with Crippen LogP contribution in [0.1, 0.15) is 49.4 Å². The third-order valence-electron chi connectivity index (χ3n) is 5.38. The molecule has 2 fully saturated rings. The van der Waals surface area contributed by atoms with Crippen molar-refractivity contribution in [3.8, 4) is 5.75 Å². The third-order valence-corrected chi connectivity index (χ3v) is 5.38. The molecule has 1 N–H and O–H groups in total. The van der Waals surface area contributed by atoms with E-state index in [4.69, 9.17) is 4.74 Å². The molecule has 2 aliphatic heterocycles. The second-order valence-corrected chi connectivity index (χ2v) is 6.85. The number of hydrogen-bond donors (Lipinski definition) is 1. The van der Waals surface area contributed by atoms with Gasteiger partial charge in [0.05, 0.1) is 6.61 Å². The number of rotatable bonds is 3. The summed E-state index contributed by atoms with van der Waals surface area (Å²) in [5, 5.41) is 2.96. The van der Waals surface area contributed by atoms with Crippen LogP contribution >= 0.6 is 0 Å². The molecule has 0 atom stereocenters. The molecule has 1 spiro atoms. The van der Waals surface area contributed by atoms with E-state index in [2.05, 4.69) is 5.32 Å². The monoisotopic (exact) mass is 330 g/mol. The van der Waals surface area contributed by atoms with Crippen molar-refractivity contribution in [1.82, 2.24) is 10.2 Å². The minimum Gasteiger partial charge on any atom is -0.494 e. The van der Waals surface area contributed by atoms with Gasteiger partial charge in [0.2, 0.25) is 5.91 Å². The predicted octanol–water partition coefficient (Wildman–Crippen LogP) is 2.61. The number of hydrogen-bond acceptors (Lipinski definition) is 3. The molecule has 1 aromatic rings. The molecule has 130 valence electrons. The second kappa shape index (κ2) is 7.24. The summed E-state index contributed by atoms with van der Waals surface area (Å²) in [5.41, 5.74) is 0.946. The van der Waals surface area contributed by atoms with E-state index in [0.717, 1.165) is 51.1 Å². The van der Waals surface area contributed by atoms with Gasteiger partial charge in [0, 0.05) is 31.6 Å². The van der Waals surface area contributed by atoms with Gasteiger partial charge in [0.1, 0.15) is 5.75 Å². The van der Waals surface area contributed by atoms with Crippen LogP contribution in [0.5, 0.6) is 5.75 Å². The van der Waals surface area contributed by atoms with Gasteiger partial charge in [-0.15, -0.1) is 0 Å². The lowest BCUT2D eigenvalue weighted by Crippen LogP contribution is -2.43. The van der Waals surface area contributed by atoms with Gasteiger partial charge in [-0.3, -0.25) is 9.59 Å². The molecule has 2 amide bonds. The molecular formula is C19H26N2O3. The molecule has 0 aromatic heterocycles. The van der Waals surface area contributed by atoms with E-state index in [0.29, 0.717) is 18.6 Å². The van der Waals surface area contributed by atoms with Crippen LogP contribution in [-0.4, -0.2) is 43.0 Å². The summed E-state index contributed by atoms with van der Waals surface area (Å²) in [5.74, 6) is 1.05. The Morgan fingerprint density at radius 2 is 1.88 bits per heavy atom. The molecule has 3 rings (SSSR count). The van der Waals surface area contributed by atoms with Crippen LogP contribution in [0.3, 0.4) is 0 Å². The Kier molecular flexibility index (Phi) is 5.07. The molecule has 2 saturated heterocycles. The van der Waals surface area contributed by atoms with Gasteiger partial charge in [-0.1, -0.05) is 0 Å². The molecule has 0 aliphatic carbocycles. The van der Waals surface area contributed by atoms with Gasteiger partial charge >= 0.3 is 0 Å². The van der Waals surface area contributed by atoms with E-state index in [1.165, 1.54) is 0 Å². The highest BCUT2D eigenvalue weighted by molar-refractivity contribution is 5.94. The molecule has 1 aromatic carbocycles. The number of likely N-dealkylation sites (tertiary alicyclic amines) is 1. The fourth-order valence-corrected chi connectivity index (χ4v) is 3.79. The lowest BCUT2D eigenvalue weighted by Gasteiger charge is -2.41. The fourth-order valence-electron chi connectivity index (χ4n) is 3.79. The molecule has 24 heavy (non-hydrogen) atoms. The zero-order valence-electron chi connectivity index (χ0n) is 14.3. The minimum atomic E-state index is 0.0933. The van der Waals surface area contributed by atoms with Gasteiger partial charge < -0.3 is 15.0 Å². The largest absolute Gasteiger partial charge is 0.494 e. The van der Waals surface area contributed by atoms with E-state index in [1.54, 1.807) is 0 Å². The molecule has 2 heterocycles. The Morgan fingerprint density at radius 3 is 2.54 bits per heavy atom. The molecule has 5 nitrogen and oxygen atoms in total. The maximum atomic E-state index is 12.7. The number of benzene rings is 1. The van der Waals surface area contributed by atoms with Crippen molar-refractivity contribution in [3.05, 3.63) is 29.8 Å². The summed E-state index contributed by atoms with van der Waals surface area (Å²) in [6, 6.07) is 7.38. The van der Waals surface area contributed by atoms with E-state index < -0.39 is 0 Å². The quantitative estimate of drug-likeness (QED) is 0.927. The lowest BCUT2D eigenvalue weighted by atomic mass is 9.73. The van der Waals surface area contributed by atoms with Crippen molar-refractivity contribution in [2.45, 2.75) is 39.0 Å². The van der Waals surface area contributed by atoms with Gasteiger partial charge in [-0.2, -0.15) is 0 Å². The number of nitrogens with zero attached hydrogens (tertiary/aromatic N) is 1.